The van der Waals surface area contributed by atoms with E-state index in [9.17, 15) is 9.18 Å². The van der Waals surface area contributed by atoms with E-state index in [0.717, 1.165) is 0 Å². The normalized spacial score (nSPS) is 14.6. The summed E-state index contributed by atoms with van der Waals surface area (Å²) >= 11 is 0. The molecule has 0 unspecified atom stereocenters. The van der Waals surface area contributed by atoms with Gasteiger partial charge in [0.25, 0.3) is 5.91 Å². The Bertz CT molecular complexity index is 542. The van der Waals surface area contributed by atoms with E-state index in [0.29, 0.717) is 38.3 Å². The largest absolute Gasteiger partial charge is 0.395 e. The van der Waals surface area contributed by atoms with Gasteiger partial charge in [-0.15, -0.1) is 0 Å². The Morgan fingerprint density at radius 3 is 2.85 bits per heavy atom. The predicted octanol–water partition coefficient (Wildman–Crippen LogP) is 1.03. The highest BCUT2D eigenvalue weighted by Gasteiger charge is 2.21. The number of ether oxygens (including phenoxy) is 1. The number of halogens is 1. The lowest BCUT2D eigenvalue weighted by atomic mass is 10.1. The van der Waals surface area contributed by atoms with E-state index in [2.05, 4.69) is 11.8 Å². The molecule has 1 aliphatic rings. The minimum absolute atomic E-state index is 0.0201. The van der Waals surface area contributed by atoms with Gasteiger partial charge >= 0.3 is 0 Å². The van der Waals surface area contributed by atoms with E-state index in [-0.39, 0.29) is 18.1 Å². The topological polar surface area (TPSA) is 49.8 Å². The van der Waals surface area contributed by atoms with Gasteiger partial charge in [0.05, 0.1) is 25.4 Å². The molecular formula is C15H16FNO3. The summed E-state index contributed by atoms with van der Waals surface area (Å²) in [5, 5.41) is 8.67. The number of benzene rings is 1. The van der Waals surface area contributed by atoms with Crippen LogP contribution >= 0.6 is 0 Å². The third-order valence-electron chi connectivity index (χ3n) is 2.96. The molecule has 1 amide bonds. The van der Waals surface area contributed by atoms with Gasteiger partial charge in [0.1, 0.15) is 5.82 Å². The molecule has 1 aromatic carbocycles. The molecule has 4 nitrogen and oxygen atoms in total. The van der Waals surface area contributed by atoms with Crippen LogP contribution in [0.25, 0.3) is 0 Å². The van der Waals surface area contributed by atoms with E-state index in [1.54, 1.807) is 4.90 Å². The van der Waals surface area contributed by atoms with Gasteiger partial charge in [-0.05, 0) is 18.2 Å². The smallest absolute Gasteiger partial charge is 0.257 e. The molecule has 0 atom stereocenters. The van der Waals surface area contributed by atoms with E-state index in [1.807, 2.05) is 0 Å². The Balaban J connectivity index is 2.19. The number of rotatable bonds is 2. The number of morpholine rings is 1. The predicted molar refractivity (Wildman–Crippen MR) is 71.7 cm³/mol. The van der Waals surface area contributed by atoms with Crippen molar-refractivity contribution in [1.29, 1.82) is 0 Å². The first-order chi connectivity index (χ1) is 9.72. The summed E-state index contributed by atoms with van der Waals surface area (Å²) in [5.41, 5.74) is 0.596. The highest BCUT2D eigenvalue weighted by molar-refractivity contribution is 5.95. The molecule has 0 spiro atoms. The van der Waals surface area contributed by atoms with Gasteiger partial charge in [-0.2, -0.15) is 0 Å². The summed E-state index contributed by atoms with van der Waals surface area (Å²) in [4.78, 5) is 13.8. The van der Waals surface area contributed by atoms with Gasteiger partial charge in [-0.1, -0.05) is 11.8 Å². The minimum Gasteiger partial charge on any atom is -0.395 e. The van der Waals surface area contributed by atoms with Crippen LogP contribution in [-0.2, 0) is 4.74 Å². The maximum absolute atomic E-state index is 13.8. The monoisotopic (exact) mass is 277 g/mol. The van der Waals surface area contributed by atoms with Gasteiger partial charge in [0.2, 0.25) is 0 Å². The lowest BCUT2D eigenvalue weighted by Gasteiger charge is -2.27. The van der Waals surface area contributed by atoms with Gasteiger partial charge in [0.15, 0.2) is 0 Å². The molecule has 1 aromatic rings. The fourth-order valence-electron chi connectivity index (χ4n) is 1.92. The molecule has 1 N–H and O–H groups in total. The zero-order valence-electron chi connectivity index (χ0n) is 11.1. The van der Waals surface area contributed by atoms with Crippen molar-refractivity contribution >= 4 is 5.91 Å². The van der Waals surface area contributed by atoms with Crippen molar-refractivity contribution in [2.24, 2.45) is 0 Å². The molecule has 106 valence electrons. The number of carbonyl (C=O) groups is 1. The van der Waals surface area contributed by atoms with Crippen molar-refractivity contribution in [2.45, 2.75) is 6.42 Å². The standard InChI is InChI=1S/C15H16FNO3/c16-14-5-4-12(3-1-2-8-18)11-13(14)15(19)17-6-9-20-10-7-17/h4-5,11,18H,2,6-10H2. The molecule has 2 rings (SSSR count). The molecule has 0 saturated carbocycles. The molecule has 20 heavy (non-hydrogen) atoms. The second kappa shape index (κ2) is 7.04. The molecule has 0 aliphatic carbocycles. The summed E-state index contributed by atoms with van der Waals surface area (Å²) < 4.78 is 19.0. The number of amides is 1. The van der Waals surface area contributed by atoms with Crippen molar-refractivity contribution in [3.63, 3.8) is 0 Å². The first-order valence-electron chi connectivity index (χ1n) is 6.48. The Labute approximate surface area is 117 Å². The Morgan fingerprint density at radius 1 is 1.40 bits per heavy atom. The molecule has 0 radical (unpaired) electrons. The molecule has 0 aromatic heterocycles. The maximum Gasteiger partial charge on any atom is 0.257 e. The van der Waals surface area contributed by atoms with Crippen LogP contribution in [-0.4, -0.2) is 48.8 Å². The van der Waals surface area contributed by atoms with Crippen LogP contribution in [0, 0.1) is 17.7 Å². The number of aliphatic hydroxyl groups excluding tert-OH is 1. The minimum atomic E-state index is -0.547. The van der Waals surface area contributed by atoms with Crippen molar-refractivity contribution in [1.82, 2.24) is 4.90 Å². The SMILES string of the molecule is O=C(c1cc(C#CCCO)ccc1F)N1CCOCC1. The number of aliphatic hydroxyl groups is 1. The van der Waals surface area contributed by atoms with Gasteiger partial charge in [-0.25, -0.2) is 4.39 Å². The summed E-state index contributed by atoms with van der Waals surface area (Å²) in [6.45, 7) is 1.87. The lowest BCUT2D eigenvalue weighted by molar-refractivity contribution is 0.0300. The van der Waals surface area contributed by atoms with Crippen molar-refractivity contribution in [3.8, 4) is 11.8 Å². The maximum atomic E-state index is 13.8. The van der Waals surface area contributed by atoms with Crippen molar-refractivity contribution in [2.75, 3.05) is 32.9 Å². The van der Waals surface area contributed by atoms with Gasteiger partial charge < -0.3 is 14.7 Å². The van der Waals surface area contributed by atoms with Gasteiger partial charge in [0, 0.05) is 25.1 Å². The fourth-order valence-corrected chi connectivity index (χ4v) is 1.92. The quantitative estimate of drug-likeness (QED) is 0.822. The zero-order valence-corrected chi connectivity index (χ0v) is 11.1. The highest BCUT2D eigenvalue weighted by Crippen LogP contribution is 2.14. The number of hydrogen-bond donors (Lipinski definition) is 1. The second-order valence-electron chi connectivity index (χ2n) is 4.37. The molecule has 1 aliphatic heterocycles. The lowest BCUT2D eigenvalue weighted by Crippen LogP contribution is -2.41. The fraction of sp³-hybridized carbons (Fsp3) is 0.400. The molecule has 1 saturated heterocycles. The van der Waals surface area contributed by atoms with Crippen LogP contribution in [0.3, 0.4) is 0 Å². The van der Waals surface area contributed by atoms with Crippen LogP contribution in [0.5, 0.6) is 0 Å². The van der Waals surface area contributed by atoms with Gasteiger partial charge in [-0.3, -0.25) is 4.79 Å². The Hall–Kier alpha value is -1.90. The van der Waals surface area contributed by atoms with E-state index in [4.69, 9.17) is 9.84 Å². The number of carbonyl (C=O) groups excluding carboxylic acids is 1. The summed E-state index contributed by atoms with van der Waals surface area (Å²) in [6.07, 6.45) is 0.351. The third kappa shape index (κ3) is 3.56. The highest BCUT2D eigenvalue weighted by atomic mass is 19.1. The summed E-state index contributed by atoms with van der Waals surface area (Å²) in [7, 11) is 0. The van der Waals surface area contributed by atoms with Crippen LogP contribution in [0.2, 0.25) is 0 Å². The average Bonchev–Trinajstić information content (AvgIpc) is 2.49. The van der Waals surface area contributed by atoms with Crippen molar-refractivity contribution < 1.29 is 19.0 Å². The Morgan fingerprint density at radius 2 is 2.15 bits per heavy atom. The van der Waals surface area contributed by atoms with Crippen LogP contribution in [0.1, 0.15) is 22.3 Å². The molecule has 5 heteroatoms. The molecule has 1 fully saturated rings. The first-order valence-corrected chi connectivity index (χ1v) is 6.48. The molecule has 1 heterocycles. The van der Waals surface area contributed by atoms with Crippen molar-refractivity contribution in [3.05, 3.63) is 35.1 Å². The van der Waals surface area contributed by atoms with Crippen LogP contribution in [0.4, 0.5) is 4.39 Å². The van der Waals surface area contributed by atoms with Crippen LogP contribution < -0.4 is 0 Å². The third-order valence-corrected chi connectivity index (χ3v) is 2.96. The molecular weight excluding hydrogens is 261 g/mol. The summed E-state index contributed by atoms with van der Waals surface area (Å²) in [5.74, 6) is 4.66. The number of nitrogens with zero attached hydrogens (tertiary/aromatic N) is 1. The van der Waals surface area contributed by atoms with Crippen LogP contribution in [0.15, 0.2) is 18.2 Å². The summed E-state index contributed by atoms with van der Waals surface area (Å²) in [6, 6.07) is 4.23. The molecule has 0 bridgehead atoms. The van der Waals surface area contributed by atoms with E-state index < -0.39 is 5.82 Å². The first kappa shape index (κ1) is 14.5. The van der Waals surface area contributed by atoms with E-state index in [1.165, 1.54) is 18.2 Å². The van der Waals surface area contributed by atoms with E-state index >= 15 is 0 Å². The second-order valence-corrected chi connectivity index (χ2v) is 4.37. The average molecular weight is 277 g/mol. The number of hydrogen-bond acceptors (Lipinski definition) is 3. The Kier molecular flexibility index (Phi) is 5.10. The zero-order chi connectivity index (χ0) is 14.4.